The maximum Gasteiger partial charge on any atom is 0.245 e. The second-order valence-electron chi connectivity index (χ2n) is 7.39. The van der Waals surface area contributed by atoms with Crippen LogP contribution in [0.1, 0.15) is 41.0 Å². The molecule has 0 saturated heterocycles. The van der Waals surface area contributed by atoms with Crippen LogP contribution in [0.5, 0.6) is 0 Å². The van der Waals surface area contributed by atoms with Crippen molar-refractivity contribution < 1.29 is 19.2 Å². The van der Waals surface area contributed by atoms with E-state index in [-0.39, 0.29) is 30.3 Å². The van der Waals surface area contributed by atoms with Crippen molar-refractivity contribution in [3.63, 3.8) is 0 Å². The Morgan fingerprint density at radius 2 is 1.62 bits per heavy atom. The molecule has 0 fully saturated rings. The number of rotatable bonds is 11. The lowest BCUT2D eigenvalue weighted by atomic mass is 10.00. The number of hydrogen-bond acceptors (Lipinski definition) is 5. The highest BCUT2D eigenvalue weighted by Crippen LogP contribution is 2.09. The molecule has 3 N–H and O–H groups in total. The Labute approximate surface area is 156 Å². The molecule has 3 amide bonds. The van der Waals surface area contributed by atoms with E-state index in [4.69, 9.17) is 0 Å². The molecule has 3 unspecified atom stereocenters. The van der Waals surface area contributed by atoms with Gasteiger partial charge >= 0.3 is 0 Å². The molecule has 0 radical (unpaired) electrons. The van der Waals surface area contributed by atoms with Crippen LogP contribution in [0.25, 0.3) is 0 Å². The largest absolute Gasteiger partial charge is 0.345 e. The van der Waals surface area contributed by atoms with Gasteiger partial charge in [0.1, 0.15) is 12.3 Å². The summed E-state index contributed by atoms with van der Waals surface area (Å²) >= 11 is 0. The van der Waals surface area contributed by atoms with Crippen LogP contribution >= 0.6 is 0 Å². The second-order valence-corrected chi connectivity index (χ2v) is 7.39. The average Bonchev–Trinajstić information content (AvgIpc) is 2.55. The summed E-state index contributed by atoms with van der Waals surface area (Å²) in [4.78, 5) is 48.9. The minimum absolute atomic E-state index is 0.137. The molecule has 0 spiro atoms. The molecule has 0 bridgehead atoms. The van der Waals surface area contributed by atoms with Gasteiger partial charge in [0.25, 0.3) is 0 Å². The molecule has 0 saturated carbocycles. The van der Waals surface area contributed by atoms with Crippen molar-refractivity contribution in [3.05, 3.63) is 0 Å². The molecular weight excluding hydrogens is 336 g/mol. The van der Waals surface area contributed by atoms with Gasteiger partial charge in [0, 0.05) is 7.05 Å². The Morgan fingerprint density at radius 1 is 1.04 bits per heavy atom. The molecule has 3 atom stereocenters. The summed E-state index contributed by atoms with van der Waals surface area (Å²) in [5, 5.41) is 8.24. The summed E-state index contributed by atoms with van der Waals surface area (Å²) < 4.78 is 0. The zero-order valence-corrected chi connectivity index (χ0v) is 17.0. The number of hydrogen-bond donors (Lipinski definition) is 3. The predicted octanol–water partition coefficient (Wildman–Crippen LogP) is -0.0767. The molecule has 8 nitrogen and oxygen atoms in total. The minimum atomic E-state index is -0.730. The highest BCUT2D eigenvalue weighted by Gasteiger charge is 2.30. The third-order valence-corrected chi connectivity index (χ3v) is 3.95. The third-order valence-electron chi connectivity index (χ3n) is 3.95. The highest BCUT2D eigenvalue weighted by molar-refractivity contribution is 5.92. The molecule has 0 aliphatic carbocycles. The molecular formula is C18H34N4O4. The van der Waals surface area contributed by atoms with Gasteiger partial charge in [0.15, 0.2) is 0 Å². The Balaban J connectivity index is 4.96. The fraction of sp³-hybridized carbons (Fsp3) is 0.778. The van der Waals surface area contributed by atoms with Crippen LogP contribution in [0, 0.1) is 11.8 Å². The van der Waals surface area contributed by atoms with Crippen molar-refractivity contribution in [2.45, 2.75) is 59.2 Å². The van der Waals surface area contributed by atoms with E-state index in [1.807, 2.05) is 27.7 Å². The highest BCUT2D eigenvalue weighted by atomic mass is 16.2. The van der Waals surface area contributed by atoms with Crippen LogP contribution in [-0.4, -0.2) is 67.7 Å². The maximum atomic E-state index is 12.7. The van der Waals surface area contributed by atoms with Gasteiger partial charge in [0.05, 0.1) is 18.6 Å². The lowest BCUT2D eigenvalue weighted by Crippen LogP contribution is -2.55. The SMILES string of the molecule is CNC(CC(C)C)C(=O)NC(C(=O)N(C)CC(=O)NC(C)C=O)C(C)C. The van der Waals surface area contributed by atoms with Crippen molar-refractivity contribution in [1.82, 2.24) is 20.9 Å². The fourth-order valence-electron chi connectivity index (χ4n) is 2.46. The van der Waals surface area contributed by atoms with E-state index < -0.39 is 18.0 Å². The van der Waals surface area contributed by atoms with Crippen LogP contribution in [0.4, 0.5) is 0 Å². The van der Waals surface area contributed by atoms with Crippen LogP contribution < -0.4 is 16.0 Å². The average molecular weight is 370 g/mol. The van der Waals surface area contributed by atoms with Crippen molar-refractivity contribution in [3.8, 4) is 0 Å². The van der Waals surface area contributed by atoms with E-state index in [1.54, 1.807) is 14.0 Å². The summed E-state index contributed by atoms with van der Waals surface area (Å²) in [6.07, 6.45) is 1.27. The summed E-state index contributed by atoms with van der Waals surface area (Å²) in [7, 11) is 3.21. The number of amides is 3. The van der Waals surface area contributed by atoms with E-state index in [0.717, 1.165) is 0 Å². The summed E-state index contributed by atoms with van der Waals surface area (Å²) in [6, 6.07) is -1.73. The van der Waals surface area contributed by atoms with Crippen molar-refractivity contribution in [2.75, 3.05) is 20.6 Å². The van der Waals surface area contributed by atoms with E-state index in [2.05, 4.69) is 16.0 Å². The van der Waals surface area contributed by atoms with Gasteiger partial charge in [-0.15, -0.1) is 0 Å². The Hall–Kier alpha value is -1.96. The normalized spacial score (nSPS) is 14.5. The van der Waals surface area contributed by atoms with E-state index in [0.29, 0.717) is 18.6 Å². The predicted molar refractivity (Wildman–Crippen MR) is 100 cm³/mol. The molecule has 0 rings (SSSR count). The van der Waals surface area contributed by atoms with Gasteiger partial charge < -0.3 is 25.6 Å². The number of likely N-dealkylation sites (N-methyl/N-ethyl adjacent to an activating group) is 2. The molecule has 26 heavy (non-hydrogen) atoms. The van der Waals surface area contributed by atoms with Gasteiger partial charge in [-0.05, 0) is 32.2 Å². The van der Waals surface area contributed by atoms with E-state index in [9.17, 15) is 19.2 Å². The number of carbonyl (C=O) groups is 4. The summed E-state index contributed by atoms with van der Waals surface area (Å²) in [5.41, 5.74) is 0. The standard InChI is InChI=1S/C18H34N4O4/c1-11(2)8-14(19-6)17(25)21-16(12(3)4)18(26)22(7)9-15(24)20-13(5)10-23/h10-14,16,19H,8-9H2,1-7H3,(H,20,24)(H,21,25). The Kier molecular flexibility index (Phi) is 10.7. The van der Waals surface area contributed by atoms with Crippen molar-refractivity contribution in [1.29, 1.82) is 0 Å². The second kappa shape index (κ2) is 11.6. The molecule has 0 aliphatic rings. The third kappa shape index (κ3) is 8.42. The van der Waals surface area contributed by atoms with Crippen molar-refractivity contribution >= 4 is 24.0 Å². The molecule has 0 aliphatic heterocycles. The first-order valence-electron chi connectivity index (χ1n) is 9.00. The lowest BCUT2D eigenvalue weighted by Gasteiger charge is -2.28. The van der Waals surface area contributed by atoms with Gasteiger partial charge in [-0.1, -0.05) is 27.7 Å². The Bertz CT molecular complexity index is 494. The van der Waals surface area contributed by atoms with Gasteiger partial charge in [-0.3, -0.25) is 14.4 Å². The fourth-order valence-corrected chi connectivity index (χ4v) is 2.46. The molecule has 0 aromatic heterocycles. The quantitative estimate of drug-likeness (QED) is 0.441. The first kappa shape index (κ1) is 24.0. The first-order chi connectivity index (χ1) is 12.0. The monoisotopic (exact) mass is 370 g/mol. The van der Waals surface area contributed by atoms with Gasteiger partial charge in [-0.25, -0.2) is 0 Å². The number of nitrogens with zero attached hydrogens (tertiary/aromatic N) is 1. The summed E-state index contributed by atoms with van der Waals surface area (Å²) in [5.74, 6) is -0.815. The smallest absolute Gasteiger partial charge is 0.245 e. The zero-order chi connectivity index (χ0) is 20.4. The topological polar surface area (TPSA) is 108 Å². The van der Waals surface area contributed by atoms with E-state index >= 15 is 0 Å². The van der Waals surface area contributed by atoms with Crippen LogP contribution in [0.15, 0.2) is 0 Å². The minimum Gasteiger partial charge on any atom is -0.345 e. The van der Waals surface area contributed by atoms with Crippen LogP contribution in [0.2, 0.25) is 0 Å². The molecule has 0 aromatic rings. The lowest BCUT2D eigenvalue weighted by molar-refractivity contribution is -0.139. The van der Waals surface area contributed by atoms with E-state index in [1.165, 1.54) is 11.9 Å². The first-order valence-corrected chi connectivity index (χ1v) is 9.00. The van der Waals surface area contributed by atoms with Crippen LogP contribution in [0.3, 0.4) is 0 Å². The van der Waals surface area contributed by atoms with Crippen molar-refractivity contribution in [2.24, 2.45) is 11.8 Å². The van der Waals surface area contributed by atoms with Gasteiger partial charge in [-0.2, -0.15) is 0 Å². The van der Waals surface area contributed by atoms with Crippen LogP contribution in [-0.2, 0) is 19.2 Å². The van der Waals surface area contributed by atoms with Gasteiger partial charge in [0.2, 0.25) is 17.7 Å². The molecule has 150 valence electrons. The summed E-state index contributed by atoms with van der Waals surface area (Å²) in [6.45, 7) is 9.09. The molecule has 8 heteroatoms. The molecule has 0 aromatic carbocycles. The maximum absolute atomic E-state index is 12.7. The number of carbonyl (C=O) groups excluding carboxylic acids is 4. The number of aldehydes is 1. The molecule has 0 heterocycles. The number of nitrogens with one attached hydrogen (secondary N) is 3. The Morgan fingerprint density at radius 3 is 2.04 bits per heavy atom. The zero-order valence-electron chi connectivity index (χ0n) is 17.0.